The quantitative estimate of drug-likeness (QED) is 0.819. The van der Waals surface area contributed by atoms with Crippen LogP contribution >= 0.6 is 0 Å². The molecule has 1 aromatic carbocycles. The third kappa shape index (κ3) is 1.93. The molecule has 90 valence electrons. The lowest BCUT2D eigenvalue weighted by Crippen LogP contribution is -2.42. The number of nitrogens with zero attached hydrogens (tertiary/aromatic N) is 1. The average Bonchev–Trinajstić information content (AvgIpc) is 2.79. The minimum absolute atomic E-state index is 0.0273. The van der Waals surface area contributed by atoms with Gasteiger partial charge in [-0.3, -0.25) is 4.79 Å². The normalized spacial score (nSPS) is 21.4. The number of hydrogen-bond donors (Lipinski definition) is 1. The van der Waals surface area contributed by atoms with Gasteiger partial charge >= 0.3 is 0 Å². The van der Waals surface area contributed by atoms with E-state index in [2.05, 4.69) is 18.0 Å². The van der Waals surface area contributed by atoms with Gasteiger partial charge in [0.15, 0.2) is 5.78 Å². The molecule has 0 amide bonds. The first-order valence-corrected chi connectivity index (χ1v) is 5.83. The molecule has 0 bridgehead atoms. The fourth-order valence-corrected chi connectivity index (χ4v) is 2.21. The zero-order valence-corrected chi connectivity index (χ0v) is 10.0. The van der Waals surface area contributed by atoms with Gasteiger partial charge in [0, 0.05) is 6.20 Å². The highest BCUT2D eigenvalue weighted by Crippen LogP contribution is 2.32. The standard InChI is InChI=1S/C15H14N2O/c1-2-3-8-15(14(18)7-9-17-15)13-6-4-5-12(10-13)11-16/h2,4-7,9-10,17H,1,3,8H2. The van der Waals surface area contributed by atoms with Gasteiger partial charge in [-0.2, -0.15) is 5.26 Å². The van der Waals surface area contributed by atoms with E-state index >= 15 is 0 Å². The largest absolute Gasteiger partial charge is 0.375 e. The first-order chi connectivity index (χ1) is 8.73. The molecule has 1 aliphatic rings. The van der Waals surface area contributed by atoms with Gasteiger partial charge in [0.2, 0.25) is 0 Å². The maximum Gasteiger partial charge on any atom is 0.186 e. The Kier molecular flexibility index (Phi) is 3.29. The smallest absolute Gasteiger partial charge is 0.186 e. The monoisotopic (exact) mass is 238 g/mol. The lowest BCUT2D eigenvalue weighted by molar-refractivity contribution is -0.120. The van der Waals surface area contributed by atoms with E-state index in [0.29, 0.717) is 12.0 Å². The fourth-order valence-electron chi connectivity index (χ4n) is 2.21. The van der Waals surface area contributed by atoms with Gasteiger partial charge in [0.25, 0.3) is 0 Å². The van der Waals surface area contributed by atoms with Gasteiger partial charge in [0.05, 0.1) is 11.6 Å². The summed E-state index contributed by atoms with van der Waals surface area (Å²) in [7, 11) is 0. The molecule has 1 heterocycles. The Bertz CT molecular complexity index is 554. The van der Waals surface area contributed by atoms with Crippen LogP contribution in [0.25, 0.3) is 0 Å². The molecular weight excluding hydrogens is 224 g/mol. The number of ketones is 1. The first kappa shape index (κ1) is 12.1. The van der Waals surface area contributed by atoms with Gasteiger partial charge in [-0.25, -0.2) is 0 Å². The second kappa shape index (κ2) is 4.89. The third-order valence-electron chi connectivity index (χ3n) is 3.19. The van der Waals surface area contributed by atoms with Gasteiger partial charge in [0.1, 0.15) is 5.54 Å². The van der Waals surface area contributed by atoms with E-state index in [-0.39, 0.29) is 5.78 Å². The number of benzene rings is 1. The number of allylic oxidation sites excluding steroid dienone is 1. The maximum atomic E-state index is 12.1. The third-order valence-corrected chi connectivity index (χ3v) is 3.19. The summed E-state index contributed by atoms with van der Waals surface area (Å²) < 4.78 is 0. The molecule has 3 heteroatoms. The molecule has 2 rings (SSSR count). The van der Waals surface area contributed by atoms with Crippen molar-refractivity contribution >= 4 is 5.78 Å². The van der Waals surface area contributed by atoms with Crippen LogP contribution < -0.4 is 5.32 Å². The summed E-state index contributed by atoms with van der Waals surface area (Å²) in [6.45, 7) is 3.69. The Morgan fingerprint density at radius 1 is 1.50 bits per heavy atom. The lowest BCUT2D eigenvalue weighted by Gasteiger charge is -2.28. The maximum absolute atomic E-state index is 12.1. The van der Waals surface area contributed by atoms with Gasteiger partial charge in [-0.15, -0.1) is 6.58 Å². The molecule has 1 aromatic rings. The van der Waals surface area contributed by atoms with E-state index < -0.39 is 5.54 Å². The van der Waals surface area contributed by atoms with Crippen molar-refractivity contribution < 1.29 is 4.79 Å². The summed E-state index contributed by atoms with van der Waals surface area (Å²) in [6.07, 6.45) is 6.38. The summed E-state index contributed by atoms with van der Waals surface area (Å²) in [6, 6.07) is 9.28. The van der Waals surface area contributed by atoms with Crippen molar-refractivity contribution in [3.05, 3.63) is 60.3 Å². The van der Waals surface area contributed by atoms with E-state index in [1.54, 1.807) is 36.6 Å². The highest BCUT2D eigenvalue weighted by Gasteiger charge is 2.39. The van der Waals surface area contributed by atoms with Crippen LogP contribution in [-0.2, 0) is 10.3 Å². The lowest BCUT2D eigenvalue weighted by atomic mass is 9.82. The Labute approximate surface area is 106 Å². The highest BCUT2D eigenvalue weighted by atomic mass is 16.1. The van der Waals surface area contributed by atoms with Crippen LogP contribution in [-0.4, -0.2) is 5.78 Å². The van der Waals surface area contributed by atoms with Crippen molar-refractivity contribution in [3.63, 3.8) is 0 Å². The minimum Gasteiger partial charge on any atom is -0.375 e. The summed E-state index contributed by atoms with van der Waals surface area (Å²) in [5.41, 5.74) is 0.659. The van der Waals surface area contributed by atoms with Crippen LogP contribution in [0.2, 0.25) is 0 Å². The number of nitrogens with one attached hydrogen (secondary N) is 1. The van der Waals surface area contributed by atoms with Crippen LogP contribution in [0.15, 0.2) is 49.2 Å². The number of nitriles is 1. The summed E-state index contributed by atoms with van der Waals surface area (Å²) in [5, 5.41) is 12.1. The Morgan fingerprint density at radius 3 is 2.94 bits per heavy atom. The second-order valence-corrected chi connectivity index (χ2v) is 4.27. The van der Waals surface area contributed by atoms with Crippen molar-refractivity contribution in [3.8, 4) is 6.07 Å². The molecule has 3 nitrogen and oxygen atoms in total. The van der Waals surface area contributed by atoms with Crippen molar-refractivity contribution in [2.45, 2.75) is 18.4 Å². The molecular formula is C15H14N2O. The summed E-state index contributed by atoms with van der Waals surface area (Å²) in [5.74, 6) is 0.0273. The molecule has 1 atom stereocenters. The van der Waals surface area contributed by atoms with Gasteiger partial charge < -0.3 is 5.32 Å². The molecule has 0 saturated carbocycles. The predicted molar refractivity (Wildman–Crippen MR) is 69.5 cm³/mol. The molecule has 1 aliphatic heterocycles. The zero-order chi connectivity index (χ0) is 13.0. The van der Waals surface area contributed by atoms with Crippen molar-refractivity contribution in [1.29, 1.82) is 5.26 Å². The predicted octanol–water partition coefficient (Wildman–Crippen LogP) is 2.41. The summed E-state index contributed by atoms with van der Waals surface area (Å²) in [4.78, 5) is 12.1. The molecule has 0 saturated heterocycles. The van der Waals surface area contributed by atoms with Crippen molar-refractivity contribution in [1.82, 2.24) is 5.32 Å². The number of carbonyl (C=O) groups is 1. The Hall–Kier alpha value is -2.34. The van der Waals surface area contributed by atoms with Crippen LogP contribution in [0.3, 0.4) is 0 Å². The molecule has 0 spiro atoms. The van der Waals surface area contributed by atoms with Gasteiger partial charge in [-0.1, -0.05) is 18.2 Å². The van der Waals surface area contributed by atoms with Crippen LogP contribution in [0.4, 0.5) is 0 Å². The van der Waals surface area contributed by atoms with Crippen LogP contribution in [0, 0.1) is 11.3 Å². The van der Waals surface area contributed by atoms with Gasteiger partial charge in [-0.05, 0) is 36.6 Å². The van der Waals surface area contributed by atoms with E-state index in [1.165, 1.54) is 0 Å². The zero-order valence-electron chi connectivity index (χ0n) is 10.0. The average molecular weight is 238 g/mol. The van der Waals surface area contributed by atoms with Crippen molar-refractivity contribution in [2.24, 2.45) is 0 Å². The SMILES string of the molecule is C=CCCC1(c2cccc(C#N)c2)NC=CC1=O. The minimum atomic E-state index is -0.735. The van der Waals surface area contributed by atoms with E-state index in [0.717, 1.165) is 12.0 Å². The number of carbonyl (C=O) groups excluding carboxylic acids is 1. The van der Waals surface area contributed by atoms with E-state index in [4.69, 9.17) is 5.26 Å². The molecule has 1 unspecified atom stereocenters. The first-order valence-electron chi connectivity index (χ1n) is 5.83. The second-order valence-electron chi connectivity index (χ2n) is 4.27. The molecule has 18 heavy (non-hydrogen) atoms. The Morgan fingerprint density at radius 2 is 2.33 bits per heavy atom. The number of hydrogen-bond acceptors (Lipinski definition) is 3. The highest BCUT2D eigenvalue weighted by molar-refractivity contribution is 6.00. The van der Waals surface area contributed by atoms with E-state index in [1.807, 2.05) is 6.07 Å². The molecule has 0 aromatic heterocycles. The van der Waals surface area contributed by atoms with Crippen molar-refractivity contribution in [2.75, 3.05) is 0 Å². The Balaban J connectivity index is 2.43. The molecule has 0 radical (unpaired) electrons. The summed E-state index contributed by atoms with van der Waals surface area (Å²) >= 11 is 0. The topological polar surface area (TPSA) is 52.9 Å². The molecule has 0 fully saturated rings. The molecule has 1 N–H and O–H groups in total. The van der Waals surface area contributed by atoms with Crippen LogP contribution in [0.1, 0.15) is 24.0 Å². The number of rotatable bonds is 4. The van der Waals surface area contributed by atoms with E-state index in [9.17, 15) is 4.79 Å². The molecule has 0 aliphatic carbocycles. The van der Waals surface area contributed by atoms with Crippen LogP contribution in [0.5, 0.6) is 0 Å². The fraction of sp³-hybridized carbons (Fsp3) is 0.200.